The summed E-state index contributed by atoms with van der Waals surface area (Å²) in [6, 6.07) is 0.135. The van der Waals surface area contributed by atoms with Gasteiger partial charge in [0.05, 0.1) is 13.2 Å². The molecular weight excluding hydrogens is 144 g/mol. The lowest BCUT2D eigenvalue weighted by Gasteiger charge is -2.20. The van der Waals surface area contributed by atoms with Crippen molar-refractivity contribution < 1.29 is 9.53 Å². The van der Waals surface area contributed by atoms with Crippen LogP contribution in [0.5, 0.6) is 0 Å². The predicted octanol–water partition coefficient (Wildman–Crippen LogP) is -0.984. The molecule has 1 fully saturated rings. The summed E-state index contributed by atoms with van der Waals surface area (Å²) in [4.78, 5) is 10.3. The molecule has 0 bridgehead atoms. The third-order valence-corrected chi connectivity index (χ3v) is 1.44. The minimum Gasteiger partial charge on any atom is -0.378 e. The summed E-state index contributed by atoms with van der Waals surface area (Å²) < 4.78 is 5.15. The predicted molar refractivity (Wildman–Crippen MR) is 40.9 cm³/mol. The largest absolute Gasteiger partial charge is 0.378 e. The van der Waals surface area contributed by atoms with Crippen LogP contribution in [0.3, 0.4) is 0 Å². The number of hydrogen-bond acceptors (Lipinski definition) is 3. The standard InChI is InChI=1S/C7H12N2O2/c8-7(10)2-1-6-5-11-4-3-9-6/h1-2,6,9H,3-5H2,(H2,8,10)/b2-1-. The Balaban J connectivity index is 2.29. The maximum absolute atomic E-state index is 10.3. The Morgan fingerprint density at radius 2 is 2.55 bits per heavy atom. The number of carbonyl (C=O) groups excluding carboxylic acids is 1. The van der Waals surface area contributed by atoms with Gasteiger partial charge in [-0.3, -0.25) is 4.79 Å². The van der Waals surface area contributed by atoms with Crippen LogP contribution in [0.4, 0.5) is 0 Å². The summed E-state index contributed by atoms with van der Waals surface area (Å²) in [6.45, 7) is 2.18. The van der Waals surface area contributed by atoms with Gasteiger partial charge in [-0.2, -0.15) is 0 Å². The molecule has 0 spiro atoms. The van der Waals surface area contributed by atoms with Crippen molar-refractivity contribution in [2.24, 2.45) is 5.73 Å². The highest BCUT2D eigenvalue weighted by atomic mass is 16.5. The number of primary amides is 1. The fraction of sp³-hybridized carbons (Fsp3) is 0.571. The van der Waals surface area contributed by atoms with Crippen LogP contribution in [0.1, 0.15) is 0 Å². The molecule has 1 rings (SSSR count). The third kappa shape index (κ3) is 3.15. The molecule has 4 heteroatoms. The zero-order chi connectivity index (χ0) is 8.10. The zero-order valence-electron chi connectivity index (χ0n) is 6.25. The van der Waals surface area contributed by atoms with Crippen LogP contribution in [0.2, 0.25) is 0 Å². The van der Waals surface area contributed by atoms with Crippen molar-refractivity contribution in [3.63, 3.8) is 0 Å². The lowest BCUT2D eigenvalue weighted by atomic mass is 10.2. The monoisotopic (exact) mass is 156 g/mol. The summed E-state index contributed by atoms with van der Waals surface area (Å²) in [6.07, 6.45) is 3.08. The number of rotatable bonds is 2. The van der Waals surface area contributed by atoms with E-state index in [0.717, 1.165) is 13.2 Å². The average Bonchev–Trinajstić information content (AvgIpc) is 2.03. The molecule has 62 valence electrons. The van der Waals surface area contributed by atoms with E-state index in [0.29, 0.717) is 6.61 Å². The Labute approximate surface area is 65.4 Å². The molecule has 0 radical (unpaired) electrons. The molecule has 1 aliphatic heterocycles. The van der Waals surface area contributed by atoms with Crippen molar-refractivity contribution >= 4 is 5.91 Å². The highest BCUT2D eigenvalue weighted by Crippen LogP contribution is 1.93. The van der Waals surface area contributed by atoms with Crippen molar-refractivity contribution in [1.29, 1.82) is 0 Å². The highest BCUT2D eigenvalue weighted by molar-refractivity contribution is 5.85. The zero-order valence-corrected chi connectivity index (χ0v) is 6.25. The maximum atomic E-state index is 10.3. The number of morpholine rings is 1. The van der Waals surface area contributed by atoms with Gasteiger partial charge in [0.1, 0.15) is 0 Å². The molecule has 1 saturated heterocycles. The average molecular weight is 156 g/mol. The molecule has 0 aromatic rings. The molecule has 0 saturated carbocycles. The fourth-order valence-corrected chi connectivity index (χ4v) is 0.920. The van der Waals surface area contributed by atoms with Crippen LogP contribution < -0.4 is 11.1 Å². The van der Waals surface area contributed by atoms with Gasteiger partial charge in [0.2, 0.25) is 5.91 Å². The molecule has 3 N–H and O–H groups in total. The van der Waals surface area contributed by atoms with E-state index >= 15 is 0 Å². The molecule has 1 heterocycles. The Morgan fingerprint density at radius 3 is 3.09 bits per heavy atom. The van der Waals surface area contributed by atoms with Crippen molar-refractivity contribution in [2.45, 2.75) is 6.04 Å². The van der Waals surface area contributed by atoms with Crippen molar-refractivity contribution in [3.8, 4) is 0 Å². The molecular formula is C7H12N2O2. The SMILES string of the molecule is NC(=O)/C=C\C1COCCN1. The van der Waals surface area contributed by atoms with E-state index in [4.69, 9.17) is 10.5 Å². The minimum absolute atomic E-state index is 0.135. The summed E-state index contributed by atoms with van der Waals surface area (Å²) in [5.74, 6) is -0.419. The minimum atomic E-state index is -0.419. The van der Waals surface area contributed by atoms with E-state index in [1.165, 1.54) is 6.08 Å². The van der Waals surface area contributed by atoms with E-state index in [2.05, 4.69) is 5.32 Å². The van der Waals surface area contributed by atoms with Gasteiger partial charge in [0.15, 0.2) is 0 Å². The number of nitrogens with one attached hydrogen (secondary N) is 1. The first-order chi connectivity index (χ1) is 5.29. The first-order valence-corrected chi connectivity index (χ1v) is 3.58. The molecule has 1 atom stereocenters. The van der Waals surface area contributed by atoms with Gasteiger partial charge in [-0.25, -0.2) is 0 Å². The van der Waals surface area contributed by atoms with Crippen molar-refractivity contribution in [3.05, 3.63) is 12.2 Å². The molecule has 1 unspecified atom stereocenters. The lowest BCUT2D eigenvalue weighted by molar-refractivity contribution is -0.113. The number of hydrogen-bond donors (Lipinski definition) is 2. The third-order valence-electron chi connectivity index (χ3n) is 1.44. The van der Waals surface area contributed by atoms with Crippen LogP contribution >= 0.6 is 0 Å². The number of carbonyl (C=O) groups is 1. The van der Waals surface area contributed by atoms with Crippen molar-refractivity contribution in [1.82, 2.24) is 5.32 Å². The number of amides is 1. The molecule has 4 nitrogen and oxygen atoms in total. The summed E-state index contributed by atoms with van der Waals surface area (Å²) in [5, 5.41) is 3.15. The fourth-order valence-electron chi connectivity index (χ4n) is 0.920. The van der Waals surface area contributed by atoms with Gasteiger partial charge >= 0.3 is 0 Å². The van der Waals surface area contributed by atoms with Gasteiger partial charge in [-0.1, -0.05) is 6.08 Å². The lowest BCUT2D eigenvalue weighted by Crippen LogP contribution is -2.39. The second-order valence-corrected chi connectivity index (χ2v) is 2.40. The molecule has 0 aromatic heterocycles. The Kier molecular flexibility index (Phi) is 3.07. The second-order valence-electron chi connectivity index (χ2n) is 2.40. The first-order valence-electron chi connectivity index (χ1n) is 3.58. The van der Waals surface area contributed by atoms with Gasteiger partial charge < -0.3 is 15.8 Å². The second kappa shape index (κ2) is 4.10. The van der Waals surface area contributed by atoms with E-state index in [1.807, 2.05) is 0 Å². The van der Waals surface area contributed by atoms with Crippen LogP contribution in [0.25, 0.3) is 0 Å². The van der Waals surface area contributed by atoms with Crippen LogP contribution in [-0.4, -0.2) is 31.7 Å². The molecule has 1 aliphatic rings. The van der Waals surface area contributed by atoms with Crippen LogP contribution in [0, 0.1) is 0 Å². The van der Waals surface area contributed by atoms with Gasteiger partial charge in [0, 0.05) is 18.7 Å². The smallest absolute Gasteiger partial charge is 0.241 e. The number of ether oxygens (including phenoxy) is 1. The summed E-state index contributed by atoms with van der Waals surface area (Å²) in [5.41, 5.74) is 4.92. The normalized spacial score (nSPS) is 25.6. The van der Waals surface area contributed by atoms with E-state index < -0.39 is 5.91 Å². The Morgan fingerprint density at radius 1 is 1.73 bits per heavy atom. The quantitative estimate of drug-likeness (QED) is 0.505. The van der Waals surface area contributed by atoms with Crippen molar-refractivity contribution in [2.75, 3.05) is 19.8 Å². The van der Waals surface area contributed by atoms with Gasteiger partial charge in [-0.05, 0) is 0 Å². The first kappa shape index (κ1) is 8.23. The van der Waals surface area contributed by atoms with E-state index in [9.17, 15) is 4.79 Å². The Hall–Kier alpha value is -0.870. The summed E-state index contributed by atoms with van der Waals surface area (Å²) >= 11 is 0. The highest BCUT2D eigenvalue weighted by Gasteiger charge is 2.08. The van der Waals surface area contributed by atoms with E-state index in [1.54, 1.807) is 6.08 Å². The van der Waals surface area contributed by atoms with Gasteiger partial charge in [-0.15, -0.1) is 0 Å². The molecule has 0 aromatic carbocycles. The number of nitrogens with two attached hydrogens (primary N) is 1. The summed E-state index contributed by atoms with van der Waals surface area (Å²) in [7, 11) is 0. The molecule has 0 aliphatic carbocycles. The topological polar surface area (TPSA) is 64.4 Å². The van der Waals surface area contributed by atoms with Crippen LogP contribution in [0.15, 0.2) is 12.2 Å². The van der Waals surface area contributed by atoms with Gasteiger partial charge in [0.25, 0.3) is 0 Å². The van der Waals surface area contributed by atoms with E-state index in [-0.39, 0.29) is 6.04 Å². The molecule has 1 amide bonds. The Bertz CT molecular complexity index is 162. The molecule has 11 heavy (non-hydrogen) atoms. The van der Waals surface area contributed by atoms with Crippen LogP contribution in [-0.2, 0) is 9.53 Å². The maximum Gasteiger partial charge on any atom is 0.241 e.